The molecule has 614 valence electrons. The summed E-state index contributed by atoms with van der Waals surface area (Å²) in [5.74, 6) is -16.6. The minimum atomic E-state index is -5.22. The van der Waals surface area contributed by atoms with Gasteiger partial charge in [0.05, 0.1) is 25.0 Å². The maximum absolute atomic E-state index is 15.6. The van der Waals surface area contributed by atoms with E-state index in [1.807, 2.05) is 0 Å². The van der Waals surface area contributed by atoms with Crippen LogP contribution >= 0.6 is 0 Å². The highest BCUT2D eigenvalue weighted by molar-refractivity contribution is 6.02. The Balaban J connectivity index is 1.22. The fraction of sp³-hybridized carbons (Fsp3) is 0.816. The van der Waals surface area contributed by atoms with E-state index in [0.717, 1.165) is 19.6 Å². The number of carbonyl (C=O) groups is 12. The second kappa shape index (κ2) is 36.5. The van der Waals surface area contributed by atoms with Crippen molar-refractivity contribution in [2.45, 2.75) is 279 Å². The van der Waals surface area contributed by atoms with Gasteiger partial charge in [0, 0.05) is 82.0 Å². The van der Waals surface area contributed by atoms with E-state index in [1.165, 1.54) is 73.8 Å². The summed E-state index contributed by atoms with van der Waals surface area (Å²) in [6, 6.07) is -11.4. The highest BCUT2D eigenvalue weighted by Crippen LogP contribution is 2.46. The van der Waals surface area contributed by atoms with Gasteiger partial charge in [-0.2, -0.15) is 26.3 Å². The van der Waals surface area contributed by atoms with Crippen LogP contribution in [0.2, 0.25) is 0 Å². The molecule has 0 aromatic carbocycles. The van der Waals surface area contributed by atoms with E-state index in [0.29, 0.717) is 44.9 Å². The number of nitrogens with zero attached hydrogens (tertiary/aromatic N) is 9. The number of likely N-dealkylation sites (N-methyl/N-ethyl adjacent to an activating group) is 6. The number of rotatable bonds is 12. The third kappa shape index (κ3) is 19.6. The number of hydrogen-bond acceptors (Lipinski definition) is 13. The van der Waals surface area contributed by atoms with E-state index < -0.39 is 229 Å². The van der Waals surface area contributed by atoms with Crippen molar-refractivity contribution in [3.63, 3.8) is 0 Å². The van der Waals surface area contributed by atoms with Crippen molar-refractivity contribution < 1.29 is 97.4 Å². The number of hydrogen-bond donors (Lipinski definition) is 3. The average Bonchev–Trinajstić information content (AvgIpc) is 1.75. The van der Waals surface area contributed by atoms with Gasteiger partial charge in [-0.1, -0.05) is 52.2 Å². The first-order valence-electron chi connectivity index (χ1n) is 39.2. The molecule has 13 atom stereocenters. The summed E-state index contributed by atoms with van der Waals surface area (Å²) in [7, 11) is 9.60. The minimum Gasteiger partial charge on any atom is -0.377 e. The summed E-state index contributed by atoms with van der Waals surface area (Å²) < 4.78 is 122. The van der Waals surface area contributed by atoms with Crippen molar-refractivity contribution in [1.82, 2.24) is 60.0 Å². The standard InChI is InChI=1S/C76H116F8N12O13/c1-13-44(4)61-69(105)96-36-22-32-73(96,5)71(107)92(11)54-25-17-16-20-35-94(68(54)104)57(39-45-26-29-48(30-27-45)75(79,80)81)67(103)89(8)43-58(97)85-52(31-28-46-37-50(77)60(51(78)38-46)76(82,83)84)65(101)95-42-49(109-15-3)40-55(95)64(100)87-74(33-21-34-74)72(108)93(12)62(47-23-18-19-24-47)70(106)91(10)56(66(102)88(6)7)41-59(98)90(9)53(14-2)63(99)86-61/h16-17,44-57,60-62H,13-15,18-43H2,1-12H3,(H,85,97)(H,86,99)(H,87,100)/b17-16-/t44-,45?,46?,48?,49+,50?,51?,52-,53-,54-,55-,56-,57-,60?,61-,62-,73-/m0/s1. The molecular weight excluding hydrogens is 1440 g/mol. The average molecular weight is 1560 g/mol. The third-order valence-corrected chi connectivity index (χ3v) is 25.1. The maximum atomic E-state index is 15.6. The van der Waals surface area contributed by atoms with E-state index in [9.17, 15) is 45.5 Å². The van der Waals surface area contributed by atoms with Crippen LogP contribution in [0.3, 0.4) is 0 Å². The zero-order chi connectivity index (χ0) is 80.7. The van der Waals surface area contributed by atoms with Gasteiger partial charge in [-0.3, -0.25) is 57.5 Å². The highest BCUT2D eigenvalue weighted by Gasteiger charge is 2.57. The Bertz CT molecular complexity index is 3320. The van der Waals surface area contributed by atoms with Crippen LogP contribution in [0.4, 0.5) is 35.1 Å². The molecule has 0 aromatic heterocycles. The van der Waals surface area contributed by atoms with Gasteiger partial charge >= 0.3 is 12.4 Å². The molecule has 0 radical (unpaired) electrons. The Labute approximate surface area is 634 Å². The number of halogens is 8. The molecule has 2 unspecified atom stereocenters. The van der Waals surface area contributed by atoms with Gasteiger partial charge in [-0.15, -0.1) is 0 Å². The van der Waals surface area contributed by atoms with Gasteiger partial charge in [-0.05, 0) is 160 Å². The predicted octanol–water partition coefficient (Wildman–Crippen LogP) is 6.64. The molecule has 4 aliphatic carbocycles. The zero-order valence-corrected chi connectivity index (χ0v) is 65.3. The monoisotopic (exact) mass is 1560 g/mol. The first-order chi connectivity index (χ1) is 51.2. The molecule has 109 heavy (non-hydrogen) atoms. The number of amides is 12. The zero-order valence-electron chi connectivity index (χ0n) is 65.3. The summed E-state index contributed by atoms with van der Waals surface area (Å²) in [6.45, 7) is 7.19. The Morgan fingerprint density at radius 3 is 1.86 bits per heavy atom. The molecule has 12 amide bonds. The Morgan fingerprint density at radius 2 is 1.29 bits per heavy atom. The fourth-order valence-electron chi connectivity index (χ4n) is 18.2. The van der Waals surface area contributed by atoms with Gasteiger partial charge in [0.25, 0.3) is 0 Å². The smallest absolute Gasteiger partial charge is 0.377 e. The van der Waals surface area contributed by atoms with E-state index in [4.69, 9.17) is 4.74 Å². The lowest BCUT2D eigenvalue weighted by molar-refractivity contribution is -0.219. The van der Waals surface area contributed by atoms with Crippen LogP contribution in [0.25, 0.3) is 0 Å². The van der Waals surface area contributed by atoms with Gasteiger partial charge in [0.15, 0.2) is 0 Å². The second-order valence-corrected chi connectivity index (χ2v) is 32.5. The Kier molecular flexibility index (Phi) is 29.3. The molecule has 2 bridgehead atoms. The number of ether oxygens (including phenoxy) is 1. The summed E-state index contributed by atoms with van der Waals surface area (Å²) >= 11 is 0. The summed E-state index contributed by atoms with van der Waals surface area (Å²) in [6.07, 6.45) is -12.8. The van der Waals surface area contributed by atoms with Crippen molar-refractivity contribution in [3.05, 3.63) is 12.2 Å². The van der Waals surface area contributed by atoms with Gasteiger partial charge in [0.2, 0.25) is 70.9 Å². The Hall–Kier alpha value is -7.22. The predicted molar refractivity (Wildman–Crippen MR) is 384 cm³/mol. The fourth-order valence-corrected chi connectivity index (χ4v) is 18.2. The highest BCUT2D eigenvalue weighted by atomic mass is 19.4. The summed E-state index contributed by atoms with van der Waals surface area (Å²) in [5.41, 5.74) is -3.35. The SMILES string of the molecule is CCO[C@@H]1C[C@H]2C(=O)NC3(CCC3)C(=O)N(C)[C@@H](C3CCCC3)C(=O)N(C)[C@H](C(=O)N(C)C)CC(=O)N(C)[C@@H](CC)C(=O)N[C@@H]([C@@H](C)CC)C(=O)N3CCC[C@@]3(C)C(=O)N(C)[C@H]3C/C=C\CCN(C3=O)[C@@H](CC3CCC(C(F)(F)F)CC3)C(=O)N(C)CC(=O)N[C@@H](CCC3CC(F)C(C(F)(F)F)C(F)C3)C(=O)N2C1. The minimum absolute atomic E-state index is 0.00252. The van der Waals surface area contributed by atoms with E-state index in [2.05, 4.69) is 16.0 Å². The van der Waals surface area contributed by atoms with Crippen molar-refractivity contribution in [3.8, 4) is 0 Å². The Morgan fingerprint density at radius 1 is 0.651 bits per heavy atom. The lowest BCUT2D eigenvalue weighted by Crippen LogP contribution is -2.68. The lowest BCUT2D eigenvalue weighted by atomic mass is 9.74. The topological polar surface area (TPSA) is 279 Å². The number of carbonyl (C=O) groups excluding carboxylic acids is 12. The van der Waals surface area contributed by atoms with E-state index >= 15 is 47.1 Å². The normalized spacial score (nSPS) is 33.6. The largest absolute Gasteiger partial charge is 0.397 e. The summed E-state index contributed by atoms with van der Waals surface area (Å²) in [5, 5.41) is 8.47. The van der Waals surface area contributed by atoms with Crippen LogP contribution in [0.5, 0.6) is 0 Å². The van der Waals surface area contributed by atoms with Crippen LogP contribution in [0.1, 0.15) is 189 Å². The summed E-state index contributed by atoms with van der Waals surface area (Å²) in [4.78, 5) is 193. The molecule has 1 spiro atoms. The molecule has 4 saturated carbocycles. The molecule has 3 N–H and O–H groups in total. The molecule has 33 heteroatoms. The van der Waals surface area contributed by atoms with Crippen molar-refractivity contribution >= 4 is 70.9 Å². The molecule has 25 nitrogen and oxygen atoms in total. The molecular formula is C76H116F8N12O13. The van der Waals surface area contributed by atoms with E-state index in [-0.39, 0.29) is 110 Å². The molecule has 3 saturated heterocycles. The number of nitrogens with one attached hydrogen (secondary N) is 3. The molecule has 4 aliphatic heterocycles. The quantitative estimate of drug-likeness (QED) is 0.137. The van der Waals surface area contributed by atoms with Gasteiger partial charge < -0.3 is 64.8 Å². The third-order valence-electron chi connectivity index (χ3n) is 25.1. The van der Waals surface area contributed by atoms with Crippen LogP contribution in [-0.4, -0.2) is 287 Å². The molecule has 8 aliphatic rings. The molecule has 0 aromatic rings. The van der Waals surface area contributed by atoms with Gasteiger partial charge in [-0.25, -0.2) is 8.78 Å². The van der Waals surface area contributed by atoms with E-state index in [1.54, 1.807) is 46.8 Å². The number of fused-ring (bicyclic) bond motifs is 4. The molecule has 7 fully saturated rings. The lowest BCUT2D eigenvalue weighted by Gasteiger charge is -2.46. The number of alkyl halides is 8. The van der Waals surface area contributed by atoms with Crippen molar-refractivity contribution in [1.29, 1.82) is 0 Å². The maximum Gasteiger partial charge on any atom is 0.397 e. The first kappa shape index (κ1) is 87.4. The van der Waals surface area contributed by atoms with Crippen LogP contribution in [0, 0.1) is 35.5 Å². The van der Waals surface area contributed by atoms with Crippen LogP contribution in [0.15, 0.2) is 12.2 Å². The van der Waals surface area contributed by atoms with Crippen LogP contribution < -0.4 is 16.0 Å². The first-order valence-corrected chi connectivity index (χ1v) is 39.2. The van der Waals surface area contributed by atoms with Crippen LogP contribution in [-0.2, 0) is 62.3 Å². The molecule has 4 heterocycles. The van der Waals surface area contributed by atoms with Gasteiger partial charge in [0.1, 0.15) is 77.7 Å². The van der Waals surface area contributed by atoms with Crippen molar-refractivity contribution in [2.24, 2.45) is 35.5 Å². The molecule has 8 rings (SSSR count). The van der Waals surface area contributed by atoms with Crippen molar-refractivity contribution in [2.75, 3.05) is 82.1 Å². The second-order valence-electron chi connectivity index (χ2n) is 32.5.